The first-order valence-electron chi connectivity index (χ1n) is 5.71. The Morgan fingerprint density at radius 2 is 2.06 bits per heavy atom. The zero-order chi connectivity index (χ0) is 12.5. The first-order chi connectivity index (χ1) is 8.01. The monoisotopic (exact) mass is 317 g/mol. The highest BCUT2D eigenvalue weighted by atomic mass is 79.9. The smallest absolute Gasteiger partial charge is 0.207 e. The maximum absolute atomic E-state index is 12.5. The molecule has 0 radical (unpaired) electrons. The van der Waals surface area contributed by atoms with E-state index in [4.69, 9.17) is 0 Å². The van der Waals surface area contributed by atoms with Crippen molar-refractivity contribution in [3.05, 3.63) is 29.8 Å². The van der Waals surface area contributed by atoms with E-state index in [0.717, 1.165) is 18.4 Å². The third-order valence-corrected chi connectivity index (χ3v) is 5.81. The van der Waals surface area contributed by atoms with Crippen molar-refractivity contribution < 1.29 is 8.42 Å². The van der Waals surface area contributed by atoms with Gasteiger partial charge >= 0.3 is 0 Å². The molecule has 0 bridgehead atoms. The number of hydrogen-bond donors (Lipinski definition) is 0. The Bertz CT molecular complexity index is 501. The minimum absolute atomic E-state index is 0.273. The zero-order valence-corrected chi connectivity index (χ0v) is 12.2. The molecule has 1 aromatic rings. The Morgan fingerprint density at radius 1 is 1.35 bits per heavy atom. The molecule has 1 fully saturated rings. The van der Waals surface area contributed by atoms with Crippen molar-refractivity contribution in [2.24, 2.45) is 0 Å². The molecule has 1 unspecified atom stereocenters. The van der Waals surface area contributed by atoms with Gasteiger partial charge in [-0.3, -0.25) is 0 Å². The summed E-state index contributed by atoms with van der Waals surface area (Å²) in [6.45, 7) is 3.03. The Hall–Kier alpha value is -0.390. The molecular weight excluding hydrogens is 302 g/mol. The second-order valence-electron chi connectivity index (χ2n) is 4.37. The van der Waals surface area contributed by atoms with Crippen LogP contribution >= 0.6 is 15.9 Å². The van der Waals surface area contributed by atoms with E-state index in [1.165, 1.54) is 0 Å². The summed E-state index contributed by atoms with van der Waals surface area (Å²) >= 11 is 3.51. The van der Waals surface area contributed by atoms with Gasteiger partial charge in [-0.05, 0) is 31.4 Å². The number of aryl methyl sites for hydroxylation is 1. The van der Waals surface area contributed by atoms with Crippen molar-refractivity contribution in [3.8, 4) is 0 Å². The molecule has 0 amide bonds. The summed E-state index contributed by atoms with van der Waals surface area (Å²) in [5, 5.41) is 0. The molecule has 5 heteroatoms. The van der Waals surface area contributed by atoms with Gasteiger partial charge in [-0.15, -0.1) is 0 Å². The molecule has 0 aliphatic carbocycles. The highest BCUT2D eigenvalue weighted by Gasteiger charge is 2.29. The van der Waals surface area contributed by atoms with Crippen LogP contribution in [-0.2, 0) is 10.0 Å². The van der Waals surface area contributed by atoms with Crippen LogP contribution in [0, 0.1) is 6.92 Å². The Morgan fingerprint density at radius 3 is 2.71 bits per heavy atom. The molecule has 1 heterocycles. The molecule has 0 aromatic heterocycles. The second kappa shape index (κ2) is 5.08. The molecule has 2 rings (SSSR count). The third-order valence-electron chi connectivity index (χ3n) is 3.04. The maximum Gasteiger partial charge on any atom is 0.243 e. The topological polar surface area (TPSA) is 37.4 Å². The third kappa shape index (κ3) is 2.72. The van der Waals surface area contributed by atoms with Crippen molar-refractivity contribution in [1.82, 2.24) is 4.31 Å². The van der Waals surface area contributed by atoms with Gasteiger partial charge in [-0.25, -0.2) is 8.42 Å². The maximum atomic E-state index is 12.5. The fraction of sp³-hybridized carbons (Fsp3) is 0.500. The van der Waals surface area contributed by atoms with E-state index in [0.29, 0.717) is 18.0 Å². The summed E-state index contributed by atoms with van der Waals surface area (Å²) in [5.41, 5.74) is 0.809. The van der Waals surface area contributed by atoms with Crippen LogP contribution in [0.4, 0.5) is 0 Å². The molecule has 1 aromatic carbocycles. The van der Waals surface area contributed by atoms with Crippen LogP contribution in [-0.4, -0.2) is 30.6 Å². The van der Waals surface area contributed by atoms with Crippen LogP contribution in [0.15, 0.2) is 29.2 Å². The Kier molecular flexibility index (Phi) is 3.90. The second-order valence-corrected chi connectivity index (χ2v) is 7.57. The predicted octanol–water partition coefficient (Wildman–Crippen LogP) is 2.54. The van der Waals surface area contributed by atoms with Gasteiger partial charge in [0.2, 0.25) is 10.0 Å². The molecule has 0 saturated carbocycles. The number of rotatable bonds is 2. The van der Waals surface area contributed by atoms with Crippen LogP contribution in [0.2, 0.25) is 0 Å². The Labute approximate surface area is 111 Å². The molecule has 1 aliphatic heterocycles. The molecule has 1 saturated heterocycles. The summed E-state index contributed by atoms with van der Waals surface area (Å²) in [4.78, 5) is 0.705. The quantitative estimate of drug-likeness (QED) is 0.786. The van der Waals surface area contributed by atoms with Crippen molar-refractivity contribution in [1.29, 1.82) is 0 Å². The fourth-order valence-corrected chi connectivity index (χ4v) is 4.71. The van der Waals surface area contributed by atoms with Gasteiger partial charge < -0.3 is 0 Å². The van der Waals surface area contributed by atoms with E-state index in [9.17, 15) is 8.42 Å². The Balaban J connectivity index is 2.33. The first kappa shape index (κ1) is 13.1. The average molecular weight is 318 g/mol. The largest absolute Gasteiger partial charge is 0.243 e. The van der Waals surface area contributed by atoms with Crippen LogP contribution in [0.1, 0.15) is 18.4 Å². The van der Waals surface area contributed by atoms with Gasteiger partial charge in [0, 0.05) is 17.9 Å². The number of hydrogen-bond acceptors (Lipinski definition) is 2. The van der Waals surface area contributed by atoms with E-state index in [-0.39, 0.29) is 4.83 Å². The predicted molar refractivity (Wildman–Crippen MR) is 71.9 cm³/mol. The number of sulfonamides is 1. The molecule has 3 nitrogen and oxygen atoms in total. The minimum atomic E-state index is -3.32. The number of nitrogens with zero attached hydrogens (tertiary/aromatic N) is 1. The number of piperidine rings is 1. The van der Waals surface area contributed by atoms with Crippen molar-refractivity contribution >= 4 is 26.0 Å². The number of benzene rings is 1. The molecule has 1 atom stereocenters. The van der Waals surface area contributed by atoms with Crippen LogP contribution in [0.5, 0.6) is 0 Å². The first-order valence-corrected chi connectivity index (χ1v) is 8.07. The highest BCUT2D eigenvalue weighted by molar-refractivity contribution is 9.09. The summed E-state index contributed by atoms with van der Waals surface area (Å²) in [7, 11) is -3.32. The summed E-state index contributed by atoms with van der Waals surface area (Å²) in [6, 6.07) is 7.15. The molecule has 0 spiro atoms. The van der Waals surface area contributed by atoms with Crippen LogP contribution in [0.3, 0.4) is 0 Å². The fourth-order valence-electron chi connectivity index (χ4n) is 2.10. The molecule has 0 N–H and O–H groups in total. The normalized spacial score (nSPS) is 22.6. The van der Waals surface area contributed by atoms with Gasteiger partial charge in [-0.1, -0.05) is 34.1 Å². The standard InChI is InChI=1S/C12H16BrNO2S/c1-10-5-2-3-7-12(10)17(15,16)14-8-4-6-11(13)9-14/h2-3,5,7,11H,4,6,8-9H2,1H3. The van der Waals surface area contributed by atoms with Crippen molar-refractivity contribution in [3.63, 3.8) is 0 Å². The molecule has 94 valence electrons. The molecule has 1 aliphatic rings. The van der Waals surface area contributed by atoms with E-state index in [1.807, 2.05) is 19.1 Å². The lowest BCUT2D eigenvalue weighted by atomic mass is 10.2. The SMILES string of the molecule is Cc1ccccc1S(=O)(=O)N1CCCC(Br)C1. The van der Waals surface area contributed by atoms with E-state index < -0.39 is 10.0 Å². The average Bonchev–Trinajstić information content (AvgIpc) is 2.29. The summed E-state index contributed by atoms with van der Waals surface area (Å²) < 4.78 is 26.5. The van der Waals surface area contributed by atoms with Gasteiger partial charge in [0.1, 0.15) is 0 Å². The lowest BCUT2D eigenvalue weighted by Crippen LogP contribution is -2.40. The zero-order valence-electron chi connectivity index (χ0n) is 9.77. The number of halogens is 1. The highest BCUT2D eigenvalue weighted by Crippen LogP contribution is 2.25. The van der Waals surface area contributed by atoms with E-state index in [1.54, 1.807) is 16.4 Å². The van der Waals surface area contributed by atoms with E-state index >= 15 is 0 Å². The van der Waals surface area contributed by atoms with Crippen molar-refractivity contribution in [2.45, 2.75) is 29.5 Å². The van der Waals surface area contributed by atoms with Gasteiger partial charge in [0.25, 0.3) is 0 Å². The van der Waals surface area contributed by atoms with Crippen molar-refractivity contribution in [2.75, 3.05) is 13.1 Å². The molecule has 17 heavy (non-hydrogen) atoms. The van der Waals surface area contributed by atoms with E-state index in [2.05, 4.69) is 15.9 Å². The van der Waals surface area contributed by atoms with Gasteiger partial charge in [-0.2, -0.15) is 4.31 Å². The molecular formula is C12H16BrNO2S. The van der Waals surface area contributed by atoms with Crippen LogP contribution < -0.4 is 0 Å². The lowest BCUT2D eigenvalue weighted by molar-refractivity contribution is 0.356. The van der Waals surface area contributed by atoms with Crippen LogP contribution in [0.25, 0.3) is 0 Å². The number of alkyl halides is 1. The summed E-state index contributed by atoms with van der Waals surface area (Å²) in [6.07, 6.45) is 1.96. The van der Waals surface area contributed by atoms with Gasteiger partial charge in [0.05, 0.1) is 4.90 Å². The minimum Gasteiger partial charge on any atom is -0.207 e. The van der Waals surface area contributed by atoms with Gasteiger partial charge in [0.15, 0.2) is 0 Å². The summed E-state index contributed by atoms with van der Waals surface area (Å²) in [5.74, 6) is 0. The lowest BCUT2D eigenvalue weighted by Gasteiger charge is -2.29.